The van der Waals surface area contributed by atoms with Crippen molar-refractivity contribution in [2.75, 3.05) is 6.54 Å². The van der Waals surface area contributed by atoms with E-state index < -0.39 is 0 Å². The number of hydrogen-bond acceptors (Lipinski definition) is 4. The van der Waals surface area contributed by atoms with Gasteiger partial charge in [-0.15, -0.1) is 0 Å². The molecule has 3 aromatic rings. The summed E-state index contributed by atoms with van der Waals surface area (Å²) in [6.07, 6.45) is 0.915. The van der Waals surface area contributed by atoms with Crippen LogP contribution < -0.4 is 0 Å². The van der Waals surface area contributed by atoms with Crippen molar-refractivity contribution in [1.29, 1.82) is 0 Å². The van der Waals surface area contributed by atoms with Gasteiger partial charge in [0.15, 0.2) is 5.82 Å². The van der Waals surface area contributed by atoms with E-state index in [0.717, 1.165) is 24.1 Å². The van der Waals surface area contributed by atoms with E-state index >= 15 is 0 Å². The first kappa shape index (κ1) is 16.9. The third-order valence-electron chi connectivity index (χ3n) is 3.90. The number of rotatable bonds is 6. The van der Waals surface area contributed by atoms with E-state index in [0.29, 0.717) is 23.8 Å². The first-order chi connectivity index (χ1) is 12.2. The fraction of sp³-hybridized carbons (Fsp3) is 0.250. The van der Waals surface area contributed by atoms with Crippen LogP contribution in [-0.4, -0.2) is 27.5 Å². The second-order valence-corrected chi connectivity index (χ2v) is 5.94. The minimum absolute atomic E-state index is 0.0268. The number of aromatic nitrogens is 2. The van der Waals surface area contributed by atoms with Crippen LogP contribution in [0.25, 0.3) is 11.5 Å². The van der Waals surface area contributed by atoms with E-state index in [4.69, 9.17) is 4.52 Å². The van der Waals surface area contributed by atoms with Crippen molar-refractivity contribution in [1.82, 2.24) is 15.0 Å². The van der Waals surface area contributed by atoms with Crippen LogP contribution in [0.5, 0.6) is 0 Å². The van der Waals surface area contributed by atoms with Crippen LogP contribution >= 0.6 is 0 Å². The van der Waals surface area contributed by atoms with Crippen LogP contribution in [0.2, 0.25) is 0 Å². The maximum absolute atomic E-state index is 12.9. The largest absolute Gasteiger partial charge is 0.334 e. The average Bonchev–Trinajstić information content (AvgIpc) is 3.08. The summed E-state index contributed by atoms with van der Waals surface area (Å²) in [7, 11) is 0. The van der Waals surface area contributed by atoms with Gasteiger partial charge in [-0.1, -0.05) is 42.4 Å². The van der Waals surface area contributed by atoms with Gasteiger partial charge in [-0.2, -0.15) is 4.98 Å². The molecule has 0 aliphatic carbocycles. The molecule has 2 aromatic carbocycles. The lowest BCUT2D eigenvalue weighted by atomic mass is 10.1. The second kappa shape index (κ2) is 7.75. The average molecular weight is 335 g/mol. The topological polar surface area (TPSA) is 59.2 Å². The second-order valence-electron chi connectivity index (χ2n) is 5.94. The van der Waals surface area contributed by atoms with E-state index in [-0.39, 0.29) is 5.91 Å². The summed E-state index contributed by atoms with van der Waals surface area (Å²) in [6, 6.07) is 17.3. The lowest BCUT2D eigenvalue weighted by molar-refractivity contribution is 0.0743. The number of amides is 1. The Labute approximate surface area is 147 Å². The minimum atomic E-state index is 0.0268. The molecule has 0 radical (unpaired) electrons. The molecule has 0 unspecified atom stereocenters. The van der Waals surface area contributed by atoms with E-state index in [9.17, 15) is 4.79 Å². The molecular weight excluding hydrogens is 314 g/mol. The smallest absolute Gasteiger partial charge is 0.257 e. The van der Waals surface area contributed by atoms with E-state index in [1.165, 1.54) is 0 Å². The normalized spacial score (nSPS) is 10.6. The predicted octanol–water partition coefficient (Wildman–Crippen LogP) is 4.10. The highest BCUT2D eigenvalue weighted by atomic mass is 16.5. The minimum Gasteiger partial charge on any atom is -0.334 e. The van der Waals surface area contributed by atoms with Crippen molar-refractivity contribution in [2.24, 2.45) is 0 Å². The molecule has 1 amide bonds. The summed E-state index contributed by atoms with van der Waals surface area (Å²) < 4.78 is 5.16. The maximum atomic E-state index is 12.9. The van der Waals surface area contributed by atoms with Gasteiger partial charge in [-0.3, -0.25) is 4.79 Å². The Kier molecular flexibility index (Phi) is 5.23. The molecule has 5 nitrogen and oxygen atoms in total. The molecule has 0 saturated carbocycles. The fourth-order valence-electron chi connectivity index (χ4n) is 2.68. The number of aryl methyl sites for hydroxylation is 1. The molecule has 1 heterocycles. The van der Waals surface area contributed by atoms with Crippen molar-refractivity contribution in [3.05, 3.63) is 71.5 Å². The lowest BCUT2D eigenvalue weighted by Gasteiger charge is -2.22. The standard InChI is InChI=1S/C20H21N3O2/c1-3-13-23(14-16-7-5-4-6-8-16)20(24)18-11-9-17(10-12-18)19-21-15(2)22-25-19/h4-12H,3,13-14H2,1-2H3. The number of carbonyl (C=O) groups is 1. The summed E-state index contributed by atoms with van der Waals surface area (Å²) >= 11 is 0. The molecule has 5 heteroatoms. The zero-order valence-corrected chi connectivity index (χ0v) is 14.5. The molecule has 0 aliphatic rings. The van der Waals surface area contributed by atoms with Gasteiger partial charge in [0, 0.05) is 24.2 Å². The summed E-state index contributed by atoms with van der Waals surface area (Å²) in [5.41, 5.74) is 2.59. The Hall–Kier alpha value is -2.95. The molecule has 0 spiro atoms. The van der Waals surface area contributed by atoms with E-state index in [1.807, 2.05) is 59.5 Å². The molecular formula is C20H21N3O2. The number of nitrogens with zero attached hydrogens (tertiary/aromatic N) is 3. The zero-order valence-electron chi connectivity index (χ0n) is 14.5. The Balaban J connectivity index is 1.77. The van der Waals surface area contributed by atoms with Crippen LogP contribution in [0, 0.1) is 6.92 Å². The van der Waals surface area contributed by atoms with Crippen molar-refractivity contribution in [3.63, 3.8) is 0 Å². The summed E-state index contributed by atoms with van der Waals surface area (Å²) in [5, 5.41) is 3.79. The van der Waals surface area contributed by atoms with Gasteiger partial charge in [-0.25, -0.2) is 0 Å². The quantitative estimate of drug-likeness (QED) is 0.680. The van der Waals surface area contributed by atoms with Gasteiger partial charge in [0.2, 0.25) is 0 Å². The molecule has 0 saturated heterocycles. The van der Waals surface area contributed by atoms with Crippen LogP contribution in [0.15, 0.2) is 59.1 Å². The Bertz CT molecular complexity index is 826. The Morgan fingerprint density at radius 3 is 2.40 bits per heavy atom. The van der Waals surface area contributed by atoms with Crippen LogP contribution in [0.1, 0.15) is 35.1 Å². The van der Waals surface area contributed by atoms with Crippen LogP contribution in [0.3, 0.4) is 0 Å². The number of hydrogen-bond donors (Lipinski definition) is 0. The fourth-order valence-corrected chi connectivity index (χ4v) is 2.68. The summed E-state index contributed by atoms with van der Waals surface area (Å²) in [5.74, 6) is 1.08. The van der Waals surface area contributed by atoms with Crippen LogP contribution in [0.4, 0.5) is 0 Å². The predicted molar refractivity (Wildman–Crippen MR) is 95.9 cm³/mol. The molecule has 0 fully saturated rings. The van der Waals surface area contributed by atoms with E-state index in [1.54, 1.807) is 6.92 Å². The maximum Gasteiger partial charge on any atom is 0.257 e. The molecule has 25 heavy (non-hydrogen) atoms. The van der Waals surface area contributed by atoms with Gasteiger partial charge in [0.05, 0.1) is 0 Å². The summed E-state index contributed by atoms with van der Waals surface area (Å²) in [4.78, 5) is 18.9. The van der Waals surface area contributed by atoms with Gasteiger partial charge in [0.25, 0.3) is 11.8 Å². The van der Waals surface area contributed by atoms with E-state index in [2.05, 4.69) is 17.1 Å². The first-order valence-corrected chi connectivity index (χ1v) is 8.41. The molecule has 0 N–H and O–H groups in total. The molecule has 0 atom stereocenters. The van der Waals surface area contributed by atoms with Crippen molar-refractivity contribution < 1.29 is 9.32 Å². The van der Waals surface area contributed by atoms with Gasteiger partial charge in [-0.05, 0) is 43.2 Å². The lowest BCUT2D eigenvalue weighted by Crippen LogP contribution is -2.31. The monoisotopic (exact) mass is 335 g/mol. The summed E-state index contributed by atoms with van der Waals surface area (Å²) in [6.45, 7) is 5.18. The highest BCUT2D eigenvalue weighted by Gasteiger charge is 2.16. The van der Waals surface area contributed by atoms with Gasteiger partial charge >= 0.3 is 0 Å². The van der Waals surface area contributed by atoms with Crippen LogP contribution in [-0.2, 0) is 6.54 Å². The van der Waals surface area contributed by atoms with Crippen molar-refractivity contribution in [3.8, 4) is 11.5 Å². The highest BCUT2D eigenvalue weighted by Crippen LogP contribution is 2.19. The third kappa shape index (κ3) is 4.12. The zero-order chi connectivity index (χ0) is 17.6. The molecule has 1 aromatic heterocycles. The number of carbonyl (C=O) groups excluding carboxylic acids is 1. The van der Waals surface area contributed by atoms with Crippen molar-refractivity contribution >= 4 is 5.91 Å². The first-order valence-electron chi connectivity index (χ1n) is 8.41. The molecule has 0 aliphatic heterocycles. The molecule has 3 rings (SSSR count). The van der Waals surface area contributed by atoms with Gasteiger partial charge in [0.1, 0.15) is 0 Å². The Morgan fingerprint density at radius 2 is 1.80 bits per heavy atom. The third-order valence-corrected chi connectivity index (χ3v) is 3.90. The Morgan fingerprint density at radius 1 is 1.08 bits per heavy atom. The SMILES string of the molecule is CCCN(Cc1ccccc1)C(=O)c1ccc(-c2nc(C)no2)cc1. The molecule has 128 valence electrons. The highest BCUT2D eigenvalue weighted by molar-refractivity contribution is 5.94. The number of benzene rings is 2. The van der Waals surface area contributed by atoms with Crippen molar-refractivity contribution in [2.45, 2.75) is 26.8 Å². The van der Waals surface area contributed by atoms with Gasteiger partial charge < -0.3 is 9.42 Å². The molecule has 0 bridgehead atoms.